The second kappa shape index (κ2) is 8.32. The highest BCUT2D eigenvalue weighted by atomic mass is 15.3. The predicted octanol–water partition coefficient (Wildman–Crippen LogP) is 1.03. The second-order valence-corrected chi connectivity index (χ2v) is 6.08. The van der Waals surface area contributed by atoms with E-state index in [0.29, 0.717) is 6.04 Å². The van der Waals surface area contributed by atoms with E-state index in [1.165, 1.54) is 37.4 Å². The maximum atomic E-state index is 4.11. The molecule has 1 aromatic heterocycles. The highest BCUT2D eigenvalue weighted by molar-refractivity contribution is 5.48. The van der Waals surface area contributed by atoms with Crippen molar-refractivity contribution in [2.45, 2.75) is 19.9 Å². The first kappa shape index (κ1) is 16.2. The van der Waals surface area contributed by atoms with Crippen LogP contribution in [0.1, 0.15) is 12.5 Å². The van der Waals surface area contributed by atoms with Crippen molar-refractivity contribution < 1.29 is 0 Å². The zero-order valence-corrected chi connectivity index (χ0v) is 13.6. The number of aromatic nitrogens is 1. The van der Waals surface area contributed by atoms with E-state index in [2.05, 4.69) is 46.3 Å². The quantitative estimate of drug-likeness (QED) is 0.735. The summed E-state index contributed by atoms with van der Waals surface area (Å²) in [5, 5.41) is 7.05. The maximum Gasteiger partial charge on any atom is 0.0401 e. The Hall–Kier alpha value is -1.17. The standard InChI is InChI=1S/C16H29N5/c1-14-12-17-5-4-16(14)19-7-6-18-15(2)13-21-10-8-20(3)9-11-21/h4-5,12,15,18H,6-11,13H2,1-3H3,(H,17,19). The number of likely N-dealkylation sites (N-methyl/N-ethyl adjacent to an activating group) is 1. The van der Waals surface area contributed by atoms with E-state index in [1.807, 2.05) is 18.5 Å². The van der Waals surface area contributed by atoms with Gasteiger partial charge in [0.15, 0.2) is 0 Å². The smallest absolute Gasteiger partial charge is 0.0401 e. The van der Waals surface area contributed by atoms with E-state index in [9.17, 15) is 0 Å². The molecule has 1 aliphatic heterocycles. The normalized spacial score (nSPS) is 18.6. The average Bonchev–Trinajstić information content (AvgIpc) is 2.48. The van der Waals surface area contributed by atoms with Crippen LogP contribution in [0.4, 0.5) is 5.69 Å². The lowest BCUT2D eigenvalue weighted by Crippen LogP contribution is -2.49. The van der Waals surface area contributed by atoms with Crippen LogP contribution in [0.15, 0.2) is 18.5 Å². The van der Waals surface area contributed by atoms with E-state index in [-0.39, 0.29) is 0 Å². The molecule has 1 saturated heterocycles. The lowest BCUT2D eigenvalue weighted by Gasteiger charge is -2.34. The Bertz CT molecular complexity index is 415. The minimum atomic E-state index is 0.536. The van der Waals surface area contributed by atoms with E-state index < -0.39 is 0 Å². The van der Waals surface area contributed by atoms with Crippen LogP contribution in [-0.4, -0.2) is 73.7 Å². The fraction of sp³-hybridized carbons (Fsp3) is 0.688. The van der Waals surface area contributed by atoms with Crippen LogP contribution in [0.25, 0.3) is 0 Å². The van der Waals surface area contributed by atoms with Crippen LogP contribution in [0.2, 0.25) is 0 Å². The number of piperazine rings is 1. The Labute approximate surface area is 128 Å². The molecule has 5 heteroatoms. The minimum absolute atomic E-state index is 0.536. The molecule has 2 rings (SSSR count). The first-order valence-corrected chi connectivity index (χ1v) is 7.94. The first-order valence-electron chi connectivity index (χ1n) is 7.94. The molecule has 1 fully saturated rings. The number of anilines is 1. The molecule has 0 spiro atoms. The molecule has 1 aromatic rings. The molecular weight excluding hydrogens is 262 g/mol. The third-order valence-electron chi connectivity index (χ3n) is 4.08. The number of nitrogens with one attached hydrogen (secondary N) is 2. The number of aryl methyl sites for hydroxylation is 1. The zero-order chi connectivity index (χ0) is 15.1. The van der Waals surface area contributed by atoms with Crippen LogP contribution in [-0.2, 0) is 0 Å². The van der Waals surface area contributed by atoms with Crippen molar-refractivity contribution in [2.24, 2.45) is 0 Å². The van der Waals surface area contributed by atoms with Crippen molar-refractivity contribution in [3.8, 4) is 0 Å². The van der Waals surface area contributed by atoms with E-state index in [4.69, 9.17) is 0 Å². The van der Waals surface area contributed by atoms with Crippen molar-refractivity contribution in [2.75, 3.05) is 58.2 Å². The molecule has 2 heterocycles. The Morgan fingerprint density at radius 3 is 2.71 bits per heavy atom. The summed E-state index contributed by atoms with van der Waals surface area (Å²) >= 11 is 0. The summed E-state index contributed by atoms with van der Waals surface area (Å²) in [5.41, 5.74) is 2.38. The molecule has 0 aliphatic carbocycles. The van der Waals surface area contributed by atoms with E-state index in [1.54, 1.807) is 0 Å². The molecule has 0 bridgehead atoms. The zero-order valence-electron chi connectivity index (χ0n) is 13.6. The molecule has 5 nitrogen and oxygen atoms in total. The first-order chi connectivity index (χ1) is 10.1. The van der Waals surface area contributed by atoms with Gasteiger partial charge in [-0.15, -0.1) is 0 Å². The van der Waals surface area contributed by atoms with Crippen LogP contribution in [0.3, 0.4) is 0 Å². The number of hydrogen-bond acceptors (Lipinski definition) is 5. The molecule has 2 N–H and O–H groups in total. The molecule has 118 valence electrons. The van der Waals surface area contributed by atoms with Gasteiger partial charge in [0.1, 0.15) is 0 Å². The van der Waals surface area contributed by atoms with Gasteiger partial charge in [0, 0.05) is 69.9 Å². The number of rotatable bonds is 7. The van der Waals surface area contributed by atoms with Gasteiger partial charge in [0.2, 0.25) is 0 Å². The van der Waals surface area contributed by atoms with Gasteiger partial charge in [-0.1, -0.05) is 0 Å². The van der Waals surface area contributed by atoms with Gasteiger partial charge in [-0.2, -0.15) is 0 Å². The molecule has 1 atom stereocenters. The van der Waals surface area contributed by atoms with Gasteiger partial charge in [0.25, 0.3) is 0 Å². The van der Waals surface area contributed by atoms with Gasteiger partial charge in [-0.05, 0) is 32.5 Å². The summed E-state index contributed by atoms with van der Waals surface area (Å²) < 4.78 is 0. The SMILES string of the molecule is Cc1cnccc1NCCNC(C)CN1CCN(C)CC1. The summed E-state index contributed by atoms with van der Waals surface area (Å²) in [4.78, 5) is 9.06. The summed E-state index contributed by atoms with van der Waals surface area (Å²) in [6.45, 7) is 12.2. The fourth-order valence-electron chi connectivity index (χ4n) is 2.67. The van der Waals surface area contributed by atoms with Crippen molar-refractivity contribution >= 4 is 5.69 Å². The second-order valence-electron chi connectivity index (χ2n) is 6.08. The predicted molar refractivity (Wildman–Crippen MR) is 88.9 cm³/mol. The molecular formula is C16H29N5. The molecule has 0 radical (unpaired) electrons. The van der Waals surface area contributed by atoms with Gasteiger partial charge in [-0.3, -0.25) is 9.88 Å². The van der Waals surface area contributed by atoms with Crippen molar-refractivity contribution in [3.63, 3.8) is 0 Å². The van der Waals surface area contributed by atoms with Crippen LogP contribution in [0, 0.1) is 6.92 Å². The Balaban J connectivity index is 1.59. The highest BCUT2D eigenvalue weighted by Crippen LogP contribution is 2.10. The highest BCUT2D eigenvalue weighted by Gasteiger charge is 2.15. The van der Waals surface area contributed by atoms with Crippen molar-refractivity contribution in [3.05, 3.63) is 24.0 Å². The summed E-state index contributed by atoms with van der Waals surface area (Å²) in [5.74, 6) is 0. The van der Waals surface area contributed by atoms with Crippen LogP contribution < -0.4 is 10.6 Å². The monoisotopic (exact) mass is 291 g/mol. The van der Waals surface area contributed by atoms with Crippen molar-refractivity contribution in [1.29, 1.82) is 0 Å². The lowest BCUT2D eigenvalue weighted by atomic mass is 10.2. The van der Waals surface area contributed by atoms with Gasteiger partial charge < -0.3 is 15.5 Å². The molecule has 0 saturated carbocycles. The number of pyridine rings is 1. The average molecular weight is 291 g/mol. The topological polar surface area (TPSA) is 43.4 Å². The Morgan fingerprint density at radius 2 is 2.00 bits per heavy atom. The van der Waals surface area contributed by atoms with Gasteiger partial charge in [0.05, 0.1) is 0 Å². The molecule has 0 aromatic carbocycles. The third kappa shape index (κ3) is 5.61. The third-order valence-corrected chi connectivity index (χ3v) is 4.08. The lowest BCUT2D eigenvalue weighted by molar-refractivity contribution is 0.144. The van der Waals surface area contributed by atoms with Gasteiger partial charge in [-0.25, -0.2) is 0 Å². The maximum absolute atomic E-state index is 4.11. The largest absolute Gasteiger partial charge is 0.383 e. The van der Waals surface area contributed by atoms with E-state index in [0.717, 1.165) is 19.6 Å². The fourth-order valence-corrected chi connectivity index (χ4v) is 2.67. The van der Waals surface area contributed by atoms with Crippen molar-refractivity contribution in [1.82, 2.24) is 20.1 Å². The van der Waals surface area contributed by atoms with Gasteiger partial charge >= 0.3 is 0 Å². The summed E-state index contributed by atoms with van der Waals surface area (Å²) in [6, 6.07) is 2.57. The summed E-state index contributed by atoms with van der Waals surface area (Å²) in [7, 11) is 2.20. The molecule has 0 amide bonds. The summed E-state index contributed by atoms with van der Waals surface area (Å²) in [6.07, 6.45) is 3.73. The van der Waals surface area contributed by atoms with E-state index >= 15 is 0 Å². The van der Waals surface area contributed by atoms with Crippen LogP contribution in [0.5, 0.6) is 0 Å². The Kier molecular flexibility index (Phi) is 6.42. The van der Waals surface area contributed by atoms with Crippen LogP contribution >= 0.6 is 0 Å². The number of nitrogens with zero attached hydrogens (tertiary/aromatic N) is 3. The number of hydrogen-bond donors (Lipinski definition) is 2. The molecule has 1 unspecified atom stereocenters. The minimum Gasteiger partial charge on any atom is -0.383 e. The molecule has 21 heavy (non-hydrogen) atoms. The molecule has 1 aliphatic rings. The Morgan fingerprint density at radius 1 is 1.24 bits per heavy atom.